The van der Waals surface area contributed by atoms with Gasteiger partial charge in [-0.2, -0.15) is 0 Å². The van der Waals surface area contributed by atoms with Crippen molar-refractivity contribution in [3.63, 3.8) is 0 Å². The minimum atomic E-state index is -3.76. The first-order valence-electron chi connectivity index (χ1n) is 8.77. The lowest BCUT2D eigenvalue weighted by Crippen LogP contribution is -2.17. The molecule has 0 aliphatic carbocycles. The van der Waals surface area contributed by atoms with Crippen molar-refractivity contribution >= 4 is 33.3 Å². The van der Waals surface area contributed by atoms with Crippen molar-refractivity contribution in [1.29, 1.82) is 0 Å². The molecule has 0 amide bonds. The molecule has 0 saturated heterocycles. The number of benzene rings is 3. The van der Waals surface area contributed by atoms with Gasteiger partial charge >= 0.3 is 0 Å². The van der Waals surface area contributed by atoms with Gasteiger partial charge in [0.25, 0.3) is 0 Å². The highest BCUT2D eigenvalue weighted by molar-refractivity contribution is 7.91. The van der Waals surface area contributed by atoms with E-state index in [9.17, 15) is 13.2 Å². The van der Waals surface area contributed by atoms with Crippen LogP contribution in [-0.4, -0.2) is 14.2 Å². The van der Waals surface area contributed by atoms with Crippen molar-refractivity contribution in [2.45, 2.75) is 16.6 Å². The van der Waals surface area contributed by atoms with Gasteiger partial charge in [0.15, 0.2) is 15.6 Å². The van der Waals surface area contributed by atoms with Crippen molar-refractivity contribution in [3.05, 3.63) is 107 Å². The molecule has 3 aromatic rings. The molecular weight excluding hydrogens is 392 g/mol. The second kappa shape index (κ2) is 9.00. The minimum absolute atomic E-state index is 0.141. The lowest BCUT2D eigenvalue weighted by atomic mass is 10.1. The molecule has 3 nitrogen and oxygen atoms in total. The Labute approximate surface area is 170 Å². The van der Waals surface area contributed by atoms with E-state index in [1.54, 1.807) is 30.3 Å². The number of carbonyl (C=O) groups is 1. The molecule has 0 N–H and O–H groups in total. The lowest BCUT2D eigenvalue weighted by Gasteiger charge is -2.17. The molecule has 3 aromatic carbocycles. The first-order chi connectivity index (χ1) is 13.5. The van der Waals surface area contributed by atoms with Crippen LogP contribution in [0.4, 0.5) is 0 Å². The third kappa shape index (κ3) is 4.97. The van der Waals surface area contributed by atoms with E-state index in [-0.39, 0.29) is 17.1 Å². The Morgan fingerprint density at radius 1 is 0.857 bits per heavy atom. The third-order valence-corrected chi connectivity index (χ3v) is 6.71. The molecule has 28 heavy (non-hydrogen) atoms. The van der Waals surface area contributed by atoms with Crippen molar-refractivity contribution in [3.8, 4) is 0 Å². The van der Waals surface area contributed by atoms with Gasteiger partial charge in [-0.05, 0) is 41.5 Å². The molecule has 1 atom stereocenters. The number of rotatable bonds is 7. The van der Waals surface area contributed by atoms with Crippen molar-refractivity contribution in [2.75, 3.05) is 0 Å². The van der Waals surface area contributed by atoms with Crippen LogP contribution in [0.2, 0.25) is 5.02 Å². The molecule has 142 valence electrons. The highest BCUT2D eigenvalue weighted by Crippen LogP contribution is 2.32. The average Bonchev–Trinajstić information content (AvgIpc) is 2.72. The number of carbonyl (C=O) groups excluding carboxylic acids is 1. The topological polar surface area (TPSA) is 51.2 Å². The Morgan fingerprint density at radius 2 is 1.43 bits per heavy atom. The molecule has 5 heteroatoms. The minimum Gasteiger partial charge on any atom is -0.295 e. The van der Waals surface area contributed by atoms with Gasteiger partial charge in [-0.1, -0.05) is 78.3 Å². The predicted octanol–water partition coefficient (Wildman–Crippen LogP) is 5.53. The van der Waals surface area contributed by atoms with Gasteiger partial charge in [0.1, 0.15) is 0 Å². The fraction of sp³-hybridized carbons (Fsp3) is 0.0870. The first kappa shape index (κ1) is 20.1. The van der Waals surface area contributed by atoms with Crippen LogP contribution in [-0.2, 0) is 14.6 Å². The standard InChI is InChI=1S/C23H19ClO3S/c24-20-12-15-22(16-13-20)28(26,27)23(19-9-5-2-6-10-19)17-21(25)14-11-18-7-3-1-4-8-18/h1-16,23H,17H2/b14-11+/t23-/m1/s1. The predicted molar refractivity (Wildman–Crippen MR) is 113 cm³/mol. The zero-order valence-electron chi connectivity index (χ0n) is 15.0. The summed E-state index contributed by atoms with van der Waals surface area (Å²) in [4.78, 5) is 12.7. The van der Waals surface area contributed by atoms with Gasteiger partial charge in [-0.25, -0.2) is 8.42 Å². The normalized spacial score (nSPS) is 12.8. The summed E-state index contributed by atoms with van der Waals surface area (Å²) < 4.78 is 26.5. The molecule has 0 radical (unpaired) electrons. The van der Waals surface area contributed by atoms with E-state index in [0.29, 0.717) is 10.6 Å². The number of allylic oxidation sites excluding steroid dienone is 1. The molecule has 0 aliphatic heterocycles. The van der Waals surface area contributed by atoms with Crippen LogP contribution >= 0.6 is 11.6 Å². The second-order valence-electron chi connectivity index (χ2n) is 6.31. The van der Waals surface area contributed by atoms with Gasteiger partial charge in [0.2, 0.25) is 0 Å². The fourth-order valence-corrected chi connectivity index (χ4v) is 4.74. The maximum atomic E-state index is 13.2. The molecule has 0 unspecified atom stereocenters. The van der Waals surface area contributed by atoms with Crippen LogP contribution in [0.3, 0.4) is 0 Å². The fourth-order valence-electron chi connectivity index (χ4n) is 2.87. The molecule has 0 heterocycles. The lowest BCUT2D eigenvalue weighted by molar-refractivity contribution is -0.114. The summed E-state index contributed by atoms with van der Waals surface area (Å²) in [7, 11) is -3.76. The maximum Gasteiger partial charge on any atom is 0.185 e. The van der Waals surface area contributed by atoms with E-state index in [2.05, 4.69) is 0 Å². The number of ketones is 1. The van der Waals surface area contributed by atoms with Gasteiger partial charge in [0, 0.05) is 11.4 Å². The zero-order chi connectivity index (χ0) is 20.0. The highest BCUT2D eigenvalue weighted by Gasteiger charge is 2.30. The monoisotopic (exact) mass is 410 g/mol. The van der Waals surface area contributed by atoms with Gasteiger partial charge in [-0.15, -0.1) is 0 Å². The summed E-state index contributed by atoms with van der Waals surface area (Å²) in [6.07, 6.45) is 2.99. The molecule has 3 rings (SSSR count). The van der Waals surface area contributed by atoms with Crippen molar-refractivity contribution < 1.29 is 13.2 Å². The smallest absolute Gasteiger partial charge is 0.185 e. The van der Waals surface area contributed by atoms with Crippen LogP contribution in [0.5, 0.6) is 0 Å². The van der Waals surface area contributed by atoms with Crippen LogP contribution in [0.15, 0.2) is 95.9 Å². The van der Waals surface area contributed by atoms with Crippen molar-refractivity contribution in [2.24, 2.45) is 0 Å². The third-order valence-electron chi connectivity index (χ3n) is 4.34. The molecule has 0 saturated carbocycles. The molecule has 0 aliphatic rings. The van der Waals surface area contributed by atoms with Crippen LogP contribution in [0.1, 0.15) is 22.8 Å². The molecule has 0 fully saturated rings. The number of sulfone groups is 1. The van der Waals surface area contributed by atoms with E-state index in [0.717, 1.165) is 5.56 Å². The Hall–Kier alpha value is -2.69. The molecule has 0 bridgehead atoms. The van der Waals surface area contributed by atoms with E-state index in [1.807, 2.05) is 36.4 Å². The maximum absolute atomic E-state index is 13.2. The van der Waals surface area contributed by atoms with E-state index in [4.69, 9.17) is 11.6 Å². The van der Waals surface area contributed by atoms with Gasteiger partial charge in [0.05, 0.1) is 10.1 Å². The molecule has 0 aromatic heterocycles. The zero-order valence-corrected chi connectivity index (χ0v) is 16.6. The van der Waals surface area contributed by atoms with E-state index >= 15 is 0 Å². The molecule has 0 spiro atoms. The largest absolute Gasteiger partial charge is 0.295 e. The highest BCUT2D eigenvalue weighted by atomic mass is 35.5. The summed E-state index contributed by atoms with van der Waals surface area (Å²) in [5, 5.41) is -0.514. The second-order valence-corrected chi connectivity index (χ2v) is 8.88. The number of hydrogen-bond acceptors (Lipinski definition) is 3. The number of halogens is 1. The Bertz CT molecular complexity index is 1060. The number of hydrogen-bond donors (Lipinski definition) is 0. The van der Waals surface area contributed by atoms with Gasteiger partial charge in [-0.3, -0.25) is 4.79 Å². The average molecular weight is 411 g/mol. The van der Waals surface area contributed by atoms with E-state index in [1.165, 1.54) is 30.3 Å². The summed E-state index contributed by atoms with van der Waals surface area (Å²) >= 11 is 5.88. The summed E-state index contributed by atoms with van der Waals surface area (Å²) in [5.74, 6) is -0.254. The Balaban J connectivity index is 1.91. The summed E-state index contributed by atoms with van der Waals surface area (Å²) in [6.45, 7) is 0. The van der Waals surface area contributed by atoms with Crippen LogP contribution in [0, 0.1) is 0 Å². The SMILES string of the molecule is O=C(/C=C/c1ccccc1)C[C@H](c1ccccc1)S(=O)(=O)c1ccc(Cl)cc1. The quantitative estimate of drug-likeness (QED) is 0.481. The molecular formula is C23H19ClO3S. The Kier molecular flexibility index (Phi) is 6.45. The Morgan fingerprint density at radius 3 is 2.04 bits per heavy atom. The summed E-state index contributed by atoms with van der Waals surface area (Å²) in [6, 6.07) is 24.2. The van der Waals surface area contributed by atoms with E-state index < -0.39 is 15.1 Å². The van der Waals surface area contributed by atoms with Crippen molar-refractivity contribution in [1.82, 2.24) is 0 Å². The summed E-state index contributed by atoms with van der Waals surface area (Å²) in [5.41, 5.74) is 1.46. The first-order valence-corrected chi connectivity index (χ1v) is 10.7. The van der Waals surface area contributed by atoms with Crippen LogP contribution in [0.25, 0.3) is 6.08 Å². The van der Waals surface area contributed by atoms with Gasteiger partial charge < -0.3 is 0 Å². The van der Waals surface area contributed by atoms with Crippen LogP contribution < -0.4 is 0 Å².